The van der Waals surface area contributed by atoms with Crippen molar-refractivity contribution in [3.8, 4) is 0 Å². The van der Waals surface area contributed by atoms with Crippen LogP contribution in [0.1, 0.15) is 43.5 Å². The highest BCUT2D eigenvalue weighted by atomic mass is 32.2. The van der Waals surface area contributed by atoms with Crippen LogP contribution in [0.5, 0.6) is 0 Å². The Balaban J connectivity index is 1.40. The first kappa shape index (κ1) is 22.0. The monoisotopic (exact) mass is 459 g/mol. The minimum Gasteiger partial charge on any atom is -0.351 e. The molecule has 1 aliphatic rings. The van der Waals surface area contributed by atoms with Crippen molar-refractivity contribution in [2.24, 2.45) is 13.0 Å². The summed E-state index contributed by atoms with van der Waals surface area (Å²) in [4.78, 5) is 14.4. The Labute approximate surface area is 187 Å². The maximum atomic E-state index is 13.2. The zero-order chi connectivity index (χ0) is 22.0. The molecule has 1 amide bonds. The Morgan fingerprint density at radius 2 is 2.00 bits per heavy atom. The van der Waals surface area contributed by atoms with Crippen molar-refractivity contribution >= 4 is 38.2 Å². The summed E-state index contributed by atoms with van der Waals surface area (Å²) in [6.45, 7) is 2.85. The molecule has 2 aromatic heterocycles. The smallest absolute Gasteiger partial charge is 0.243 e. The molecule has 0 spiro atoms. The maximum absolute atomic E-state index is 13.2. The van der Waals surface area contributed by atoms with Crippen LogP contribution in [0.2, 0.25) is 0 Å². The Morgan fingerprint density at radius 3 is 2.68 bits per heavy atom. The summed E-state index contributed by atoms with van der Waals surface area (Å²) in [5.41, 5.74) is 1.00. The number of thiophene rings is 1. The van der Waals surface area contributed by atoms with E-state index in [2.05, 4.69) is 18.3 Å². The molecule has 1 saturated heterocycles. The molecule has 1 unspecified atom stereocenters. The van der Waals surface area contributed by atoms with Crippen molar-refractivity contribution in [3.63, 3.8) is 0 Å². The quantitative estimate of drug-likeness (QED) is 0.573. The van der Waals surface area contributed by atoms with Gasteiger partial charge in [-0.15, -0.1) is 11.3 Å². The predicted octanol–water partition coefficient (Wildman–Crippen LogP) is 4.30. The molecule has 6 nitrogen and oxygen atoms in total. The zero-order valence-corrected chi connectivity index (χ0v) is 19.6. The number of carbonyl (C=O) groups excluding carboxylic acids is 1. The molecular weight excluding hydrogens is 430 g/mol. The highest BCUT2D eigenvalue weighted by molar-refractivity contribution is 7.89. The number of benzene rings is 1. The fourth-order valence-electron chi connectivity index (χ4n) is 4.28. The molecule has 1 aliphatic heterocycles. The van der Waals surface area contributed by atoms with Gasteiger partial charge in [0.2, 0.25) is 15.9 Å². The first-order valence-corrected chi connectivity index (χ1v) is 13.1. The second kappa shape index (κ2) is 9.14. The number of amides is 1. The van der Waals surface area contributed by atoms with Crippen LogP contribution in [0.3, 0.4) is 0 Å². The third-order valence-electron chi connectivity index (χ3n) is 6.10. The molecule has 4 rings (SSSR count). The number of aryl methyl sites for hydroxylation is 1. The van der Waals surface area contributed by atoms with Crippen LogP contribution >= 0.6 is 11.3 Å². The summed E-state index contributed by atoms with van der Waals surface area (Å²) in [6, 6.07) is 11.3. The van der Waals surface area contributed by atoms with Crippen LogP contribution in [0, 0.1) is 5.92 Å². The van der Waals surface area contributed by atoms with Gasteiger partial charge in [0.15, 0.2) is 0 Å². The SMILES string of the molecule is CCCC(NC(=O)C1CCN(S(=O)(=O)c2ccc3c(ccn3C)c2)CC1)c1cccs1. The van der Waals surface area contributed by atoms with Gasteiger partial charge >= 0.3 is 0 Å². The number of nitrogens with one attached hydrogen (secondary N) is 1. The summed E-state index contributed by atoms with van der Waals surface area (Å²) in [6.07, 6.45) is 4.91. The molecule has 1 fully saturated rings. The summed E-state index contributed by atoms with van der Waals surface area (Å²) in [5, 5.41) is 6.14. The lowest BCUT2D eigenvalue weighted by Crippen LogP contribution is -2.43. The normalized spacial score (nSPS) is 17.1. The standard InChI is InChI=1S/C23H29N3O3S2/c1-3-5-20(22-6-4-15-30-22)24-23(27)17-10-13-26(14-11-17)31(28,29)19-7-8-21-18(16-19)9-12-25(21)2/h4,6-9,12,15-17,20H,3,5,10-11,13-14H2,1-2H3,(H,24,27). The van der Waals surface area contributed by atoms with Gasteiger partial charge in [-0.2, -0.15) is 4.31 Å². The third-order valence-corrected chi connectivity index (χ3v) is 8.98. The molecular formula is C23H29N3O3S2. The molecule has 3 heterocycles. The molecule has 0 saturated carbocycles. The summed E-state index contributed by atoms with van der Waals surface area (Å²) < 4.78 is 29.8. The van der Waals surface area contributed by atoms with Crippen LogP contribution in [-0.2, 0) is 21.9 Å². The van der Waals surface area contributed by atoms with E-state index >= 15 is 0 Å². The molecule has 3 aromatic rings. The van der Waals surface area contributed by atoms with Gasteiger partial charge in [0.05, 0.1) is 10.9 Å². The fraction of sp³-hybridized carbons (Fsp3) is 0.435. The number of carbonyl (C=O) groups is 1. The van der Waals surface area contributed by atoms with Gasteiger partial charge in [0.25, 0.3) is 0 Å². The minimum atomic E-state index is -3.57. The Hall–Kier alpha value is -2.16. The summed E-state index contributed by atoms with van der Waals surface area (Å²) >= 11 is 1.66. The number of nitrogens with zero attached hydrogens (tertiary/aromatic N) is 2. The zero-order valence-electron chi connectivity index (χ0n) is 18.0. The van der Waals surface area contributed by atoms with Gasteiger partial charge in [-0.3, -0.25) is 4.79 Å². The van der Waals surface area contributed by atoms with E-state index in [1.54, 1.807) is 23.5 Å². The Bertz CT molecular complexity index is 1140. The second-order valence-electron chi connectivity index (χ2n) is 8.19. The van der Waals surface area contributed by atoms with E-state index in [0.717, 1.165) is 23.7 Å². The van der Waals surface area contributed by atoms with Crippen molar-refractivity contribution in [2.75, 3.05) is 13.1 Å². The largest absolute Gasteiger partial charge is 0.351 e. The third kappa shape index (κ3) is 4.56. The number of hydrogen-bond donors (Lipinski definition) is 1. The molecule has 31 heavy (non-hydrogen) atoms. The Kier molecular flexibility index (Phi) is 6.50. The average Bonchev–Trinajstić information content (AvgIpc) is 3.43. The lowest BCUT2D eigenvalue weighted by atomic mass is 9.96. The molecule has 0 bridgehead atoms. The molecule has 1 atom stereocenters. The lowest BCUT2D eigenvalue weighted by molar-refractivity contribution is -0.126. The second-order valence-corrected chi connectivity index (χ2v) is 11.1. The number of fused-ring (bicyclic) bond motifs is 1. The van der Waals surface area contributed by atoms with Gasteiger partial charge in [-0.05, 0) is 55.0 Å². The number of sulfonamides is 1. The van der Waals surface area contributed by atoms with E-state index in [-0.39, 0.29) is 17.9 Å². The van der Waals surface area contributed by atoms with Gasteiger partial charge in [0.1, 0.15) is 0 Å². The first-order chi connectivity index (χ1) is 14.9. The van der Waals surface area contributed by atoms with Gasteiger partial charge in [-0.25, -0.2) is 8.42 Å². The predicted molar refractivity (Wildman–Crippen MR) is 125 cm³/mol. The molecule has 1 aromatic carbocycles. The Morgan fingerprint density at radius 1 is 1.23 bits per heavy atom. The molecule has 0 radical (unpaired) electrons. The van der Waals surface area contributed by atoms with E-state index in [9.17, 15) is 13.2 Å². The fourth-order valence-corrected chi connectivity index (χ4v) is 6.60. The molecule has 8 heteroatoms. The van der Waals surface area contributed by atoms with Crippen molar-refractivity contribution in [1.29, 1.82) is 0 Å². The summed E-state index contributed by atoms with van der Waals surface area (Å²) in [7, 11) is -1.63. The van der Waals surface area contributed by atoms with Gasteiger partial charge in [-0.1, -0.05) is 19.4 Å². The number of piperidine rings is 1. The number of rotatable bonds is 7. The van der Waals surface area contributed by atoms with Crippen molar-refractivity contribution in [3.05, 3.63) is 52.9 Å². The van der Waals surface area contributed by atoms with E-state index in [1.807, 2.05) is 41.4 Å². The van der Waals surface area contributed by atoms with Crippen LogP contribution < -0.4 is 5.32 Å². The van der Waals surface area contributed by atoms with E-state index in [0.29, 0.717) is 30.8 Å². The molecule has 1 N–H and O–H groups in total. The first-order valence-electron chi connectivity index (χ1n) is 10.8. The summed E-state index contributed by atoms with van der Waals surface area (Å²) in [5.74, 6) is -0.114. The van der Waals surface area contributed by atoms with Gasteiger partial charge < -0.3 is 9.88 Å². The number of aromatic nitrogens is 1. The van der Waals surface area contributed by atoms with E-state index in [1.165, 1.54) is 9.18 Å². The molecule has 0 aliphatic carbocycles. The molecule has 166 valence electrons. The van der Waals surface area contributed by atoms with E-state index < -0.39 is 10.0 Å². The average molecular weight is 460 g/mol. The highest BCUT2D eigenvalue weighted by Gasteiger charge is 2.33. The van der Waals surface area contributed by atoms with Crippen molar-refractivity contribution in [1.82, 2.24) is 14.2 Å². The topological polar surface area (TPSA) is 71.4 Å². The van der Waals surface area contributed by atoms with Crippen molar-refractivity contribution in [2.45, 2.75) is 43.5 Å². The van der Waals surface area contributed by atoms with Crippen molar-refractivity contribution < 1.29 is 13.2 Å². The maximum Gasteiger partial charge on any atom is 0.243 e. The van der Waals surface area contributed by atoms with Crippen LogP contribution in [0.25, 0.3) is 10.9 Å². The van der Waals surface area contributed by atoms with Crippen LogP contribution in [-0.4, -0.2) is 36.3 Å². The minimum absolute atomic E-state index is 0.0367. The number of hydrogen-bond acceptors (Lipinski definition) is 4. The van der Waals surface area contributed by atoms with Crippen LogP contribution in [0.15, 0.2) is 52.9 Å². The van der Waals surface area contributed by atoms with Crippen LogP contribution in [0.4, 0.5) is 0 Å². The van der Waals surface area contributed by atoms with E-state index in [4.69, 9.17) is 0 Å². The highest BCUT2D eigenvalue weighted by Crippen LogP contribution is 2.28. The lowest BCUT2D eigenvalue weighted by Gasteiger charge is -2.31. The van der Waals surface area contributed by atoms with Gasteiger partial charge in [0, 0.05) is 48.0 Å².